The van der Waals surface area contributed by atoms with Crippen LogP contribution in [0.5, 0.6) is 0 Å². The molecule has 1 saturated heterocycles. The summed E-state index contributed by atoms with van der Waals surface area (Å²) in [7, 11) is 0. The molecule has 1 rings (SSSR count). The molecule has 0 radical (unpaired) electrons. The average molecular weight is 376 g/mol. The van der Waals surface area contributed by atoms with Crippen molar-refractivity contribution in [2.75, 3.05) is 13.2 Å². The van der Waals surface area contributed by atoms with Crippen LogP contribution in [0, 0.1) is 0 Å². The van der Waals surface area contributed by atoms with Crippen LogP contribution in [0.1, 0.15) is 71.1 Å². The van der Waals surface area contributed by atoms with E-state index < -0.39 is 43.1 Å². The minimum absolute atomic E-state index is 0.227. The highest BCUT2D eigenvalue weighted by Crippen LogP contribution is 2.22. The SMILES string of the molecule is CCCCCCCCCCCCOC(=O)C1O[C@H](CO)[C@@H](O)[C@H](O)[C@H]1O. The fourth-order valence-electron chi connectivity index (χ4n) is 3.14. The van der Waals surface area contributed by atoms with Gasteiger partial charge >= 0.3 is 5.97 Å². The number of hydrogen-bond donors (Lipinski definition) is 4. The van der Waals surface area contributed by atoms with Crippen molar-refractivity contribution in [3.8, 4) is 0 Å². The standard InChI is InChI=1S/C19H36O7/c1-2-3-4-5-6-7-8-9-10-11-12-25-19(24)18-17(23)16(22)15(21)14(13-20)26-18/h14-18,20-23H,2-13H2,1H3/t14-,15-,16+,17-,18?/m1/s1. The minimum atomic E-state index is -1.58. The molecule has 0 amide bonds. The van der Waals surface area contributed by atoms with Crippen LogP contribution in [-0.2, 0) is 14.3 Å². The maximum Gasteiger partial charge on any atom is 0.338 e. The van der Waals surface area contributed by atoms with Gasteiger partial charge in [-0.15, -0.1) is 0 Å². The number of ether oxygens (including phenoxy) is 2. The van der Waals surface area contributed by atoms with E-state index in [0.29, 0.717) is 0 Å². The van der Waals surface area contributed by atoms with Gasteiger partial charge in [-0.05, 0) is 6.42 Å². The number of aliphatic hydroxyl groups is 4. The van der Waals surface area contributed by atoms with Crippen LogP contribution in [0.25, 0.3) is 0 Å². The molecule has 0 aromatic carbocycles. The van der Waals surface area contributed by atoms with Crippen LogP contribution >= 0.6 is 0 Å². The Kier molecular flexibility index (Phi) is 12.0. The maximum atomic E-state index is 12.0. The fraction of sp³-hybridized carbons (Fsp3) is 0.947. The Hall–Kier alpha value is -0.730. The van der Waals surface area contributed by atoms with Crippen molar-refractivity contribution in [2.45, 2.75) is 102 Å². The molecule has 0 bridgehead atoms. The number of esters is 1. The summed E-state index contributed by atoms with van der Waals surface area (Å²) in [5.74, 6) is -0.780. The van der Waals surface area contributed by atoms with Crippen LogP contribution in [0.3, 0.4) is 0 Å². The third-order valence-corrected chi connectivity index (χ3v) is 4.87. The second kappa shape index (κ2) is 13.4. The Morgan fingerprint density at radius 1 is 0.846 bits per heavy atom. The molecule has 0 aromatic rings. The van der Waals surface area contributed by atoms with Gasteiger partial charge in [-0.25, -0.2) is 4.79 Å². The lowest BCUT2D eigenvalue weighted by Crippen LogP contribution is -2.60. The van der Waals surface area contributed by atoms with Crippen LogP contribution in [-0.4, -0.2) is 70.1 Å². The monoisotopic (exact) mass is 376 g/mol. The highest BCUT2D eigenvalue weighted by Gasteiger charge is 2.47. The van der Waals surface area contributed by atoms with Crippen LogP contribution < -0.4 is 0 Å². The average Bonchev–Trinajstić information content (AvgIpc) is 2.64. The largest absolute Gasteiger partial charge is 0.464 e. The van der Waals surface area contributed by atoms with Crippen molar-refractivity contribution in [1.29, 1.82) is 0 Å². The summed E-state index contributed by atoms with van der Waals surface area (Å²) >= 11 is 0. The van der Waals surface area contributed by atoms with E-state index in [0.717, 1.165) is 19.3 Å². The first-order chi connectivity index (χ1) is 12.5. The van der Waals surface area contributed by atoms with Crippen molar-refractivity contribution in [2.24, 2.45) is 0 Å². The van der Waals surface area contributed by atoms with Gasteiger partial charge in [-0.2, -0.15) is 0 Å². The minimum Gasteiger partial charge on any atom is -0.464 e. The van der Waals surface area contributed by atoms with Crippen LogP contribution in [0.4, 0.5) is 0 Å². The Morgan fingerprint density at radius 3 is 1.92 bits per heavy atom. The maximum absolute atomic E-state index is 12.0. The summed E-state index contributed by atoms with van der Waals surface area (Å²) in [5, 5.41) is 38.3. The third-order valence-electron chi connectivity index (χ3n) is 4.87. The quantitative estimate of drug-likeness (QED) is 0.283. The molecule has 1 unspecified atom stereocenters. The molecule has 0 aromatic heterocycles. The molecular formula is C19H36O7. The highest BCUT2D eigenvalue weighted by atomic mass is 16.6. The molecule has 7 heteroatoms. The van der Waals surface area contributed by atoms with Crippen LogP contribution in [0.15, 0.2) is 0 Å². The predicted octanol–water partition coefficient (Wildman–Crippen LogP) is 1.29. The van der Waals surface area contributed by atoms with Crippen LogP contribution in [0.2, 0.25) is 0 Å². The van der Waals surface area contributed by atoms with Gasteiger partial charge in [0.2, 0.25) is 0 Å². The van der Waals surface area contributed by atoms with Gasteiger partial charge in [0.15, 0.2) is 6.10 Å². The third kappa shape index (κ3) is 7.88. The molecule has 1 fully saturated rings. The van der Waals surface area contributed by atoms with Crippen molar-refractivity contribution in [3.05, 3.63) is 0 Å². The number of aliphatic hydroxyl groups excluding tert-OH is 4. The van der Waals surface area contributed by atoms with E-state index in [9.17, 15) is 20.1 Å². The van der Waals surface area contributed by atoms with Gasteiger partial charge in [0.1, 0.15) is 24.4 Å². The summed E-state index contributed by atoms with van der Waals surface area (Å²) in [6.45, 7) is 1.88. The zero-order valence-electron chi connectivity index (χ0n) is 15.9. The molecule has 1 aliphatic rings. The second-order valence-corrected chi connectivity index (χ2v) is 7.10. The molecule has 0 aliphatic carbocycles. The Labute approximate surface area is 156 Å². The predicted molar refractivity (Wildman–Crippen MR) is 96.6 cm³/mol. The first-order valence-corrected chi connectivity index (χ1v) is 10.00. The molecular weight excluding hydrogens is 340 g/mol. The molecule has 7 nitrogen and oxygen atoms in total. The van der Waals surface area contributed by atoms with E-state index in [1.807, 2.05) is 0 Å². The van der Waals surface area contributed by atoms with Crippen molar-refractivity contribution in [3.63, 3.8) is 0 Å². The Bertz CT molecular complexity index is 375. The van der Waals surface area contributed by atoms with Gasteiger partial charge < -0.3 is 29.9 Å². The van der Waals surface area contributed by atoms with E-state index in [2.05, 4.69) is 6.92 Å². The number of unbranched alkanes of at least 4 members (excludes halogenated alkanes) is 9. The smallest absolute Gasteiger partial charge is 0.338 e. The molecule has 0 saturated carbocycles. The van der Waals surface area contributed by atoms with E-state index in [-0.39, 0.29) is 6.61 Å². The summed E-state index contributed by atoms with van der Waals surface area (Å²) < 4.78 is 10.3. The van der Waals surface area contributed by atoms with Gasteiger partial charge in [0, 0.05) is 0 Å². The van der Waals surface area contributed by atoms with Crippen molar-refractivity contribution in [1.82, 2.24) is 0 Å². The lowest BCUT2D eigenvalue weighted by molar-refractivity contribution is -0.235. The second-order valence-electron chi connectivity index (χ2n) is 7.10. The molecule has 154 valence electrons. The van der Waals surface area contributed by atoms with Gasteiger partial charge in [-0.3, -0.25) is 0 Å². The summed E-state index contributed by atoms with van der Waals surface area (Å²) in [4.78, 5) is 12.0. The van der Waals surface area contributed by atoms with Crippen molar-refractivity contribution < 1.29 is 34.7 Å². The lowest BCUT2D eigenvalue weighted by Gasteiger charge is -2.38. The van der Waals surface area contributed by atoms with Gasteiger partial charge in [0.25, 0.3) is 0 Å². The number of rotatable bonds is 13. The topological polar surface area (TPSA) is 116 Å². The molecule has 0 spiro atoms. The zero-order chi connectivity index (χ0) is 19.4. The number of hydrogen-bond acceptors (Lipinski definition) is 7. The van der Waals surface area contributed by atoms with Gasteiger partial charge in [0.05, 0.1) is 13.2 Å². The first-order valence-electron chi connectivity index (χ1n) is 10.00. The molecule has 1 heterocycles. The first kappa shape index (κ1) is 23.3. The molecule has 5 atom stereocenters. The van der Waals surface area contributed by atoms with Crippen molar-refractivity contribution >= 4 is 5.97 Å². The zero-order valence-corrected chi connectivity index (χ0v) is 15.9. The normalized spacial score (nSPS) is 28.9. The lowest BCUT2D eigenvalue weighted by atomic mass is 9.95. The van der Waals surface area contributed by atoms with E-state index in [4.69, 9.17) is 14.6 Å². The Morgan fingerprint density at radius 2 is 1.38 bits per heavy atom. The summed E-state index contributed by atoms with van der Waals surface area (Å²) in [6.07, 6.45) is 4.65. The summed E-state index contributed by atoms with van der Waals surface area (Å²) in [6, 6.07) is 0. The molecule has 26 heavy (non-hydrogen) atoms. The molecule has 1 aliphatic heterocycles. The Balaban J connectivity index is 2.11. The number of carbonyl (C=O) groups excluding carboxylic acids is 1. The van der Waals surface area contributed by atoms with E-state index in [1.165, 1.54) is 44.9 Å². The van der Waals surface area contributed by atoms with E-state index >= 15 is 0 Å². The van der Waals surface area contributed by atoms with E-state index in [1.54, 1.807) is 0 Å². The fourth-order valence-corrected chi connectivity index (χ4v) is 3.14. The molecule has 4 N–H and O–H groups in total. The summed E-state index contributed by atoms with van der Waals surface area (Å²) in [5.41, 5.74) is 0. The number of carbonyl (C=O) groups is 1. The van der Waals surface area contributed by atoms with Gasteiger partial charge in [-0.1, -0.05) is 64.7 Å². The highest BCUT2D eigenvalue weighted by molar-refractivity contribution is 5.75.